The molecule has 0 aliphatic carbocycles. The van der Waals surface area contributed by atoms with Gasteiger partial charge in [0.1, 0.15) is 11.4 Å². The molecule has 0 aromatic heterocycles. The van der Waals surface area contributed by atoms with Crippen LogP contribution >= 0.6 is 0 Å². The van der Waals surface area contributed by atoms with E-state index >= 15 is 0 Å². The summed E-state index contributed by atoms with van der Waals surface area (Å²) in [6.07, 6.45) is -0.641. The van der Waals surface area contributed by atoms with Gasteiger partial charge in [-0.25, -0.2) is 14.0 Å². The molecule has 0 unspecified atom stereocenters. The topological polar surface area (TPSA) is 64.6 Å². The molecular formula is C14H18FNO4. The molecule has 0 saturated heterocycles. The van der Waals surface area contributed by atoms with Gasteiger partial charge < -0.3 is 14.8 Å². The molecule has 1 aromatic carbocycles. The van der Waals surface area contributed by atoms with Crippen molar-refractivity contribution in [1.82, 2.24) is 5.32 Å². The van der Waals surface area contributed by atoms with E-state index in [4.69, 9.17) is 4.74 Å². The minimum Gasteiger partial charge on any atom is -0.465 e. The first-order valence-electron chi connectivity index (χ1n) is 6.06. The molecule has 5 nitrogen and oxygen atoms in total. The Bertz CT molecular complexity index is 508. The first kappa shape index (κ1) is 15.9. The van der Waals surface area contributed by atoms with Gasteiger partial charge in [0.15, 0.2) is 0 Å². The van der Waals surface area contributed by atoms with Crippen molar-refractivity contribution in [2.24, 2.45) is 0 Å². The van der Waals surface area contributed by atoms with Crippen LogP contribution in [0.4, 0.5) is 9.18 Å². The summed E-state index contributed by atoms with van der Waals surface area (Å²) >= 11 is 0. The van der Waals surface area contributed by atoms with Gasteiger partial charge in [0.05, 0.1) is 12.7 Å². The fourth-order valence-electron chi connectivity index (χ4n) is 1.50. The van der Waals surface area contributed by atoms with E-state index in [1.165, 1.54) is 19.2 Å². The first-order valence-corrected chi connectivity index (χ1v) is 6.06. The molecule has 6 heteroatoms. The van der Waals surface area contributed by atoms with Crippen LogP contribution in [0.1, 0.15) is 36.7 Å². The van der Waals surface area contributed by atoms with E-state index in [9.17, 15) is 14.0 Å². The molecule has 1 aromatic rings. The van der Waals surface area contributed by atoms with Gasteiger partial charge in [-0.2, -0.15) is 0 Å². The average Bonchev–Trinajstić information content (AvgIpc) is 2.33. The molecule has 20 heavy (non-hydrogen) atoms. The fraction of sp³-hybridized carbons (Fsp3) is 0.429. The number of hydrogen-bond acceptors (Lipinski definition) is 4. The molecule has 1 rings (SSSR count). The van der Waals surface area contributed by atoms with E-state index in [0.717, 1.165) is 6.07 Å². The third-order valence-corrected chi connectivity index (χ3v) is 2.29. The molecule has 1 N–H and O–H groups in total. The highest BCUT2D eigenvalue weighted by Gasteiger charge is 2.17. The second kappa shape index (κ2) is 6.36. The lowest BCUT2D eigenvalue weighted by Gasteiger charge is -2.20. The van der Waals surface area contributed by atoms with Crippen molar-refractivity contribution >= 4 is 12.1 Å². The quantitative estimate of drug-likeness (QED) is 0.866. The van der Waals surface area contributed by atoms with Gasteiger partial charge in [-0.3, -0.25) is 0 Å². The molecule has 0 aliphatic heterocycles. The van der Waals surface area contributed by atoms with Gasteiger partial charge in [0.2, 0.25) is 0 Å². The minimum atomic E-state index is -0.641. The summed E-state index contributed by atoms with van der Waals surface area (Å²) in [6, 6.07) is 3.64. The van der Waals surface area contributed by atoms with Crippen LogP contribution in [0, 0.1) is 5.82 Å². The normalized spacial score (nSPS) is 10.8. The summed E-state index contributed by atoms with van der Waals surface area (Å²) in [7, 11) is 1.23. The number of nitrogens with one attached hydrogen (secondary N) is 1. The highest BCUT2D eigenvalue weighted by molar-refractivity contribution is 5.91. The Morgan fingerprint density at radius 2 is 1.95 bits per heavy atom. The van der Waals surface area contributed by atoms with Crippen molar-refractivity contribution in [3.05, 3.63) is 35.1 Å². The Kier molecular flexibility index (Phi) is 5.07. The summed E-state index contributed by atoms with van der Waals surface area (Å²) < 4.78 is 22.9. The van der Waals surface area contributed by atoms with Gasteiger partial charge >= 0.3 is 12.1 Å². The number of carbonyl (C=O) groups is 2. The standard InChI is InChI=1S/C14H18FNO4/c1-14(2,3)20-13(18)16-8-9-7-10(15)5-6-11(9)12(17)19-4/h5-7H,8H2,1-4H3,(H,16,18). The van der Waals surface area contributed by atoms with Crippen LogP contribution in [0.15, 0.2) is 18.2 Å². The number of amides is 1. The lowest BCUT2D eigenvalue weighted by atomic mass is 10.1. The van der Waals surface area contributed by atoms with Crippen LogP contribution in [0.3, 0.4) is 0 Å². The van der Waals surface area contributed by atoms with Crippen molar-refractivity contribution in [3.63, 3.8) is 0 Å². The lowest BCUT2D eigenvalue weighted by Crippen LogP contribution is -2.32. The zero-order chi connectivity index (χ0) is 15.3. The van der Waals surface area contributed by atoms with E-state index in [1.54, 1.807) is 20.8 Å². The van der Waals surface area contributed by atoms with Crippen molar-refractivity contribution in [1.29, 1.82) is 0 Å². The second-order valence-electron chi connectivity index (χ2n) is 5.15. The van der Waals surface area contributed by atoms with Crippen LogP contribution < -0.4 is 5.32 Å². The zero-order valence-electron chi connectivity index (χ0n) is 12.0. The predicted molar refractivity (Wildman–Crippen MR) is 70.8 cm³/mol. The van der Waals surface area contributed by atoms with Gasteiger partial charge in [-0.15, -0.1) is 0 Å². The third-order valence-electron chi connectivity index (χ3n) is 2.29. The van der Waals surface area contributed by atoms with Crippen LogP contribution in [0.25, 0.3) is 0 Å². The maximum atomic E-state index is 13.2. The number of alkyl carbamates (subject to hydrolysis) is 1. The SMILES string of the molecule is COC(=O)c1ccc(F)cc1CNC(=O)OC(C)(C)C. The fourth-order valence-corrected chi connectivity index (χ4v) is 1.50. The number of carbonyl (C=O) groups excluding carboxylic acids is 2. The van der Waals surface area contributed by atoms with Crippen molar-refractivity contribution < 1.29 is 23.5 Å². The average molecular weight is 283 g/mol. The van der Waals surface area contributed by atoms with E-state index in [0.29, 0.717) is 5.56 Å². The smallest absolute Gasteiger partial charge is 0.407 e. The molecule has 110 valence electrons. The number of ether oxygens (including phenoxy) is 2. The molecule has 0 bridgehead atoms. The zero-order valence-corrected chi connectivity index (χ0v) is 12.0. The van der Waals surface area contributed by atoms with Crippen LogP contribution in [0.2, 0.25) is 0 Å². The molecule has 0 atom stereocenters. The number of methoxy groups -OCH3 is 1. The molecule has 0 heterocycles. The molecule has 0 aliphatic rings. The van der Waals surface area contributed by atoms with Crippen LogP contribution in [-0.2, 0) is 16.0 Å². The van der Waals surface area contributed by atoms with Gasteiger partial charge in [-0.1, -0.05) is 0 Å². The highest BCUT2D eigenvalue weighted by atomic mass is 19.1. The monoisotopic (exact) mass is 283 g/mol. The largest absolute Gasteiger partial charge is 0.465 e. The van der Waals surface area contributed by atoms with Gasteiger partial charge in [0.25, 0.3) is 0 Å². The Morgan fingerprint density at radius 1 is 1.30 bits per heavy atom. The van der Waals surface area contributed by atoms with Crippen molar-refractivity contribution in [2.75, 3.05) is 7.11 Å². The van der Waals surface area contributed by atoms with E-state index in [-0.39, 0.29) is 12.1 Å². The molecule has 0 fully saturated rings. The highest BCUT2D eigenvalue weighted by Crippen LogP contribution is 2.13. The van der Waals surface area contributed by atoms with Crippen LogP contribution in [0.5, 0.6) is 0 Å². The van der Waals surface area contributed by atoms with Gasteiger partial charge in [-0.05, 0) is 44.5 Å². The van der Waals surface area contributed by atoms with Crippen molar-refractivity contribution in [3.8, 4) is 0 Å². The molecule has 0 saturated carbocycles. The third kappa shape index (κ3) is 4.87. The number of benzene rings is 1. The van der Waals surface area contributed by atoms with E-state index < -0.39 is 23.5 Å². The lowest BCUT2D eigenvalue weighted by molar-refractivity contribution is 0.0518. The number of halogens is 1. The number of hydrogen-bond donors (Lipinski definition) is 1. The predicted octanol–water partition coefficient (Wildman–Crippen LogP) is 2.64. The minimum absolute atomic E-state index is 0.0306. The molecule has 1 amide bonds. The number of rotatable bonds is 3. The first-order chi connectivity index (χ1) is 9.23. The van der Waals surface area contributed by atoms with Crippen LogP contribution in [-0.4, -0.2) is 24.8 Å². The molecule has 0 spiro atoms. The molecule has 0 radical (unpaired) electrons. The maximum absolute atomic E-state index is 13.2. The number of esters is 1. The Balaban J connectivity index is 2.79. The summed E-state index contributed by atoms with van der Waals surface area (Å²) in [5.41, 5.74) is -0.107. The van der Waals surface area contributed by atoms with Gasteiger partial charge in [0, 0.05) is 6.54 Å². The van der Waals surface area contributed by atoms with E-state index in [1.807, 2.05) is 0 Å². The Morgan fingerprint density at radius 3 is 2.50 bits per heavy atom. The summed E-state index contributed by atoms with van der Waals surface area (Å²) in [5.74, 6) is -1.09. The van der Waals surface area contributed by atoms with Crippen molar-refractivity contribution in [2.45, 2.75) is 32.9 Å². The van der Waals surface area contributed by atoms with E-state index in [2.05, 4.69) is 10.1 Å². The molecular weight excluding hydrogens is 265 g/mol. The summed E-state index contributed by atoms with van der Waals surface area (Å²) in [5, 5.41) is 2.47. The summed E-state index contributed by atoms with van der Waals surface area (Å²) in [4.78, 5) is 23.1. The summed E-state index contributed by atoms with van der Waals surface area (Å²) in [6.45, 7) is 5.16. The Hall–Kier alpha value is -2.11. The second-order valence-corrected chi connectivity index (χ2v) is 5.15. The Labute approximate surface area is 117 Å². The maximum Gasteiger partial charge on any atom is 0.407 e.